The quantitative estimate of drug-likeness (QED) is 0.453. The SMILES string of the molecule is Cc1cc(C)cc(S(=O)(=O)N2CCN(c3ccc(-c4ccc5ccccc5c4)nn3)CC2)c1. The van der Waals surface area contributed by atoms with Gasteiger partial charge in [-0.1, -0.05) is 42.5 Å². The summed E-state index contributed by atoms with van der Waals surface area (Å²) >= 11 is 0. The first-order chi connectivity index (χ1) is 15.9. The predicted octanol–water partition coefficient (Wildman–Crippen LogP) is 4.42. The van der Waals surface area contributed by atoms with Crippen LogP contribution in [0.3, 0.4) is 0 Å². The third-order valence-electron chi connectivity index (χ3n) is 6.09. The molecule has 0 spiro atoms. The zero-order chi connectivity index (χ0) is 23.0. The molecule has 1 aromatic heterocycles. The van der Waals surface area contributed by atoms with Gasteiger partial charge in [0.05, 0.1) is 10.6 Å². The Bertz CT molecular complexity index is 1390. The van der Waals surface area contributed by atoms with Crippen molar-refractivity contribution in [3.05, 3.63) is 83.9 Å². The van der Waals surface area contributed by atoms with Crippen LogP contribution in [0.2, 0.25) is 0 Å². The maximum atomic E-state index is 13.1. The Kier molecular flexibility index (Phi) is 5.60. The van der Waals surface area contributed by atoms with Gasteiger partial charge in [-0.25, -0.2) is 8.42 Å². The fourth-order valence-corrected chi connectivity index (χ4v) is 6.00. The van der Waals surface area contributed by atoms with Gasteiger partial charge in [-0.3, -0.25) is 0 Å². The maximum Gasteiger partial charge on any atom is 0.243 e. The van der Waals surface area contributed by atoms with Gasteiger partial charge in [0.1, 0.15) is 0 Å². The van der Waals surface area contributed by atoms with Crippen molar-refractivity contribution in [2.45, 2.75) is 18.7 Å². The summed E-state index contributed by atoms with van der Waals surface area (Å²) < 4.78 is 27.8. The van der Waals surface area contributed by atoms with Crippen LogP contribution < -0.4 is 4.90 Å². The molecule has 0 saturated carbocycles. The van der Waals surface area contributed by atoms with Crippen molar-refractivity contribution in [2.75, 3.05) is 31.1 Å². The standard InChI is InChI=1S/C26H26N4O2S/c1-19-15-20(2)17-24(16-19)33(31,32)30-13-11-29(12-14-30)26-10-9-25(27-28-26)23-8-7-21-5-3-4-6-22(21)18-23/h3-10,15-18H,11-14H2,1-2H3. The van der Waals surface area contributed by atoms with Crippen molar-refractivity contribution in [1.29, 1.82) is 0 Å². The minimum Gasteiger partial charge on any atom is -0.352 e. The number of hydrogen-bond donors (Lipinski definition) is 0. The van der Waals surface area contributed by atoms with Crippen molar-refractivity contribution in [3.8, 4) is 11.3 Å². The molecule has 5 rings (SSSR count). The van der Waals surface area contributed by atoms with Gasteiger partial charge >= 0.3 is 0 Å². The van der Waals surface area contributed by atoms with E-state index in [-0.39, 0.29) is 0 Å². The number of aromatic nitrogens is 2. The molecule has 2 heterocycles. The van der Waals surface area contributed by atoms with Gasteiger partial charge in [0, 0.05) is 31.7 Å². The highest BCUT2D eigenvalue weighted by Crippen LogP contribution is 2.25. The number of piperazine rings is 1. The van der Waals surface area contributed by atoms with Gasteiger partial charge < -0.3 is 4.90 Å². The summed E-state index contributed by atoms with van der Waals surface area (Å²) in [6, 6.07) is 23.9. The molecule has 7 heteroatoms. The number of benzene rings is 3. The van der Waals surface area contributed by atoms with E-state index in [2.05, 4.69) is 45.4 Å². The molecule has 0 amide bonds. The monoisotopic (exact) mass is 458 g/mol. The van der Waals surface area contributed by atoms with Gasteiger partial charge in [-0.15, -0.1) is 10.2 Å². The zero-order valence-corrected chi connectivity index (χ0v) is 19.6. The lowest BCUT2D eigenvalue weighted by atomic mass is 10.1. The first-order valence-corrected chi connectivity index (χ1v) is 12.5. The molecule has 6 nitrogen and oxygen atoms in total. The first kappa shape index (κ1) is 21.6. The molecule has 1 saturated heterocycles. The van der Waals surface area contributed by atoms with Crippen LogP contribution in [0.15, 0.2) is 77.7 Å². The summed E-state index contributed by atoms with van der Waals surface area (Å²) in [5.41, 5.74) is 3.75. The van der Waals surface area contributed by atoms with Crippen LogP contribution in [0.1, 0.15) is 11.1 Å². The maximum absolute atomic E-state index is 13.1. The van der Waals surface area contributed by atoms with E-state index in [1.807, 2.05) is 44.2 Å². The van der Waals surface area contributed by atoms with Crippen LogP contribution in [0, 0.1) is 13.8 Å². The van der Waals surface area contributed by atoms with Gasteiger partial charge in [-0.05, 0) is 66.1 Å². The lowest BCUT2D eigenvalue weighted by Gasteiger charge is -2.34. The lowest BCUT2D eigenvalue weighted by Crippen LogP contribution is -2.49. The Hall–Kier alpha value is -3.29. The minimum absolute atomic E-state index is 0.368. The second-order valence-corrected chi connectivity index (χ2v) is 10.5. The number of rotatable bonds is 4. The fraction of sp³-hybridized carbons (Fsp3) is 0.231. The summed E-state index contributed by atoms with van der Waals surface area (Å²) in [7, 11) is -3.50. The number of nitrogens with zero attached hydrogens (tertiary/aromatic N) is 4. The Balaban J connectivity index is 1.29. The molecule has 0 atom stereocenters. The molecule has 1 aliphatic heterocycles. The van der Waals surface area contributed by atoms with E-state index in [9.17, 15) is 8.42 Å². The number of fused-ring (bicyclic) bond motifs is 1. The highest BCUT2D eigenvalue weighted by molar-refractivity contribution is 7.89. The largest absolute Gasteiger partial charge is 0.352 e. The van der Waals surface area contributed by atoms with Crippen LogP contribution in [0.5, 0.6) is 0 Å². The Morgan fingerprint density at radius 2 is 1.42 bits per heavy atom. The molecular weight excluding hydrogens is 432 g/mol. The summed E-state index contributed by atoms with van der Waals surface area (Å²) in [5.74, 6) is 0.767. The van der Waals surface area contributed by atoms with Crippen LogP contribution in [0.25, 0.3) is 22.0 Å². The predicted molar refractivity (Wildman–Crippen MR) is 132 cm³/mol. The normalized spacial score (nSPS) is 15.2. The topological polar surface area (TPSA) is 66.4 Å². The molecule has 0 radical (unpaired) electrons. The molecule has 4 aromatic rings. The van der Waals surface area contributed by atoms with Crippen molar-refractivity contribution in [2.24, 2.45) is 0 Å². The number of aryl methyl sites for hydroxylation is 2. The molecule has 3 aromatic carbocycles. The zero-order valence-electron chi connectivity index (χ0n) is 18.8. The minimum atomic E-state index is -3.50. The van der Waals surface area contributed by atoms with Gasteiger partial charge in [0.2, 0.25) is 10.0 Å². The van der Waals surface area contributed by atoms with Gasteiger partial charge in [-0.2, -0.15) is 4.31 Å². The average Bonchev–Trinajstić information content (AvgIpc) is 2.83. The molecule has 1 aliphatic rings. The highest BCUT2D eigenvalue weighted by Gasteiger charge is 2.29. The molecule has 168 valence electrons. The Morgan fingerprint density at radius 1 is 0.727 bits per heavy atom. The van der Waals surface area contributed by atoms with E-state index < -0.39 is 10.0 Å². The highest BCUT2D eigenvalue weighted by atomic mass is 32.2. The van der Waals surface area contributed by atoms with Gasteiger partial charge in [0.15, 0.2) is 5.82 Å². The van der Waals surface area contributed by atoms with E-state index in [0.29, 0.717) is 31.1 Å². The summed E-state index contributed by atoms with van der Waals surface area (Å²) in [4.78, 5) is 2.46. The van der Waals surface area contributed by atoms with Gasteiger partial charge in [0.25, 0.3) is 0 Å². The second-order valence-electron chi connectivity index (χ2n) is 8.55. The van der Waals surface area contributed by atoms with Crippen LogP contribution in [-0.4, -0.2) is 49.1 Å². The van der Waals surface area contributed by atoms with E-state index in [1.165, 1.54) is 10.8 Å². The van der Waals surface area contributed by atoms with E-state index in [0.717, 1.165) is 28.2 Å². The van der Waals surface area contributed by atoms with Crippen molar-refractivity contribution < 1.29 is 8.42 Å². The summed E-state index contributed by atoms with van der Waals surface area (Å²) in [6.07, 6.45) is 0. The van der Waals surface area contributed by atoms with Crippen LogP contribution in [0.4, 0.5) is 5.82 Å². The molecule has 33 heavy (non-hydrogen) atoms. The summed E-state index contributed by atoms with van der Waals surface area (Å²) in [5, 5.41) is 11.2. The third-order valence-corrected chi connectivity index (χ3v) is 7.97. The number of sulfonamides is 1. The fourth-order valence-electron chi connectivity index (χ4n) is 4.38. The van der Waals surface area contributed by atoms with E-state index in [4.69, 9.17) is 0 Å². The Labute approximate surface area is 194 Å². The average molecular weight is 459 g/mol. The first-order valence-electron chi connectivity index (χ1n) is 11.1. The van der Waals surface area contributed by atoms with E-state index >= 15 is 0 Å². The molecule has 0 unspecified atom stereocenters. The van der Waals surface area contributed by atoms with Crippen LogP contribution >= 0.6 is 0 Å². The van der Waals surface area contributed by atoms with E-state index in [1.54, 1.807) is 16.4 Å². The Morgan fingerprint density at radius 3 is 2.09 bits per heavy atom. The lowest BCUT2D eigenvalue weighted by molar-refractivity contribution is 0.383. The third kappa shape index (κ3) is 4.34. The number of anilines is 1. The molecule has 0 aliphatic carbocycles. The second kappa shape index (κ2) is 8.57. The molecule has 0 bridgehead atoms. The summed E-state index contributed by atoms with van der Waals surface area (Å²) in [6.45, 7) is 5.84. The molecular formula is C26H26N4O2S. The van der Waals surface area contributed by atoms with Crippen molar-refractivity contribution in [3.63, 3.8) is 0 Å². The van der Waals surface area contributed by atoms with Crippen molar-refractivity contribution >= 4 is 26.6 Å². The number of hydrogen-bond acceptors (Lipinski definition) is 5. The molecule has 1 fully saturated rings. The smallest absolute Gasteiger partial charge is 0.243 e. The van der Waals surface area contributed by atoms with Crippen LogP contribution in [-0.2, 0) is 10.0 Å². The van der Waals surface area contributed by atoms with Crippen molar-refractivity contribution in [1.82, 2.24) is 14.5 Å². The molecule has 0 N–H and O–H groups in total.